The zero-order valence-electron chi connectivity index (χ0n) is 19.1. The Labute approximate surface area is 175 Å². The van der Waals surface area contributed by atoms with Gasteiger partial charge >= 0.3 is 0 Å². The summed E-state index contributed by atoms with van der Waals surface area (Å²) in [5, 5.41) is 15.5. The molecule has 2 N–H and O–H groups in total. The number of rotatable bonds is 12. The zero-order chi connectivity index (χ0) is 21.3. The van der Waals surface area contributed by atoms with Gasteiger partial charge in [-0.15, -0.1) is 10.2 Å². The van der Waals surface area contributed by atoms with Gasteiger partial charge in [0.15, 0.2) is 11.8 Å². The van der Waals surface area contributed by atoms with Crippen molar-refractivity contribution in [3.63, 3.8) is 0 Å². The molecule has 0 bridgehead atoms. The van der Waals surface area contributed by atoms with E-state index >= 15 is 0 Å². The fraction of sp³-hybridized carbons (Fsp3) is 0.857. The van der Waals surface area contributed by atoms with Gasteiger partial charge in [0, 0.05) is 44.9 Å². The van der Waals surface area contributed by atoms with E-state index in [0.29, 0.717) is 18.7 Å². The van der Waals surface area contributed by atoms with Gasteiger partial charge in [0.2, 0.25) is 0 Å². The first-order valence-electron chi connectivity index (χ1n) is 11.1. The molecule has 1 heterocycles. The van der Waals surface area contributed by atoms with Crippen LogP contribution < -0.4 is 10.6 Å². The average Bonchev–Trinajstić information content (AvgIpc) is 3.03. The third-order valence-electron chi connectivity index (χ3n) is 6.30. The molecule has 29 heavy (non-hydrogen) atoms. The highest BCUT2D eigenvalue weighted by Gasteiger charge is 2.53. The molecule has 1 saturated carbocycles. The van der Waals surface area contributed by atoms with Crippen LogP contribution in [0.1, 0.15) is 65.0 Å². The van der Waals surface area contributed by atoms with Crippen molar-refractivity contribution in [1.29, 1.82) is 0 Å². The van der Waals surface area contributed by atoms with Gasteiger partial charge in [0.05, 0.1) is 6.10 Å². The summed E-state index contributed by atoms with van der Waals surface area (Å²) in [5.74, 6) is 2.58. The van der Waals surface area contributed by atoms with E-state index in [1.54, 1.807) is 0 Å². The van der Waals surface area contributed by atoms with E-state index in [4.69, 9.17) is 14.5 Å². The number of guanidine groups is 1. The quantitative estimate of drug-likeness (QED) is 0.314. The molecular formula is C21H40N6O2. The Morgan fingerprint density at radius 3 is 2.55 bits per heavy atom. The fourth-order valence-electron chi connectivity index (χ4n) is 4.16. The van der Waals surface area contributed by atoms with Crippen molar-refractivity contribution in [3.8, 4) is 0 Å². The number of aromatic nitrogens is 3. The van der Waals surface area contributed by atoms with Gasteiger partial charge in [0.1, 0.15) is 12.4 Å². The van der Waals surface area contributed by atoms with Crippen LogP contribution in [-0.4, -0.2) is 59.2 Å². The summed E-state index contributed by atoms with van der Waals surface area (Å²) in [6, 6.07) is 0.355. The second-order valence-corrected chi connectivity index (χ2v) is 7.68. The molecule has 0 amide bonds. The number of aryl methyl sites for hydroxylation is 1. The summed E-state index contributed by atoms with van der Waals surface area (Å²) in [5.41, 5.74) is 0.158. The molecule has 166 valence electrons. The maximum absolute atomic E-state index is 6.02. The fourth-order valence-corrected chi connectivity index (χ4v) is 4.16. The summed E-state index contributed by atoms with van der Waals surface area (Å²) < 4.78 is 13.4. The molecule has 8 nitrogen and oxygen atoms in total. The number of ether oxygens (including phenoxy) is 2. The summed E-state index contributed by atoms with van der Waals surface area (Å²) in [4.78, 5) is 4.80. The Hall–Kier alpha value is -1.67. The van der Waals surface area contributed by atoms with E-state index in [9.17, 15) is 0 Å². The van der Waals surface area contributed by atoms with Crippen LogP contribution in [-0.2, 0) is 23.1 Å². The molecule has 0 radical (unpaired) electrons. The SMILES string of the molecule is CCOCCCNC(=NCc1nnc(C)n1C)NC1CC(OCC)C1(CC)CC. The summed E-state index contributed by atoms with van der Waals surface area (Å²) in [6.45, 7) is 14.1. The van der Waals surface area contributed by atoms with Gasteiger partial charge < -0.3 is 24.7 Å². The zero-order valence-corrected chi connectivity index (χ0v) is 19.1. The van der Waals surface area contributed by atoms with Crippen LogP contribution in [0.5, 0.6) is 0 Å². The Balaban J connectivity index is 2.05. The van der Waals surface area contributed by atoms with Crippen LogP contribution >= 0.6 is 0 Å². The lowest BCUT2D eigenvalue weighted by molar-refractivity contribution is -0.133. The molecular weight excluding hydrogens is 368 g/mol. The number of hydrogen-bond donors (Lipinski definition) is 2. The second-order valence-electron chi connectivity index (χ2n) is 7.68. The molecule has 2 atom stereocenters. The first-order chi connectivity index (χ1) is 14.0. The van der Waals surface area contributed by atoms with Crippen molar-refractivity contribution in [3.05, 3.63) is 11.6 Å². The molecule has 2 rings (SSSR count). The van der Waals surface area contributed by atoms with Crippen LogP contribution in [0.3, 0.4) is 0 Å². The van der Waals surface area contributed by atoms with Gasteiger partial charge in [-0.3, -0.25) is 0 Å². The monoisotopic (exact) mass is 408 g/mol. The number of aliphatic imine (C=N–C) groups is 1. The van der Waals surface area contributed by atoms with E-state index in [-0.39, 0.29) is 5.41 Å². The van der Waals surface area contributed by atoms with Gasteiger partial charge in [0.25, 0.3) is 0 Å². The molecule has 2 unspecified atom stereocenters. The second kappa shape index (κ2) is 11.5. The first kappa shape index (κ1) is 23.6. The largest absolute Gasteiger partial charge is 0.382 e. The Morgan fingerprint density at radius 2 is 1.97 bits per heavy atom. The maximum Gasteiger partial charge on any atom is 0.191 e. The average molecular weight is 409 g/mol. The topological polar surface area (TPSA) is 85.6 Å². The normalized spacial score (nSPS) is 21.1. The third kappa shape index (κ3) is 5.69. The van der Waals surface area contributed by atoms with Crippen LogP contribution in [0.2, 0.25) is 0 Å². The molecule has 1 aromatic rings. The van der Waals surface area contributed by atoms with Crippen molar-refractivity contribution >= 4 is 5.96 Å². The lowest BCUT2D eigenvalue weighted by Gasteiger charge is -2.55. The van der Waals surface area contributed by atoms with Gasteiger partial charge in [-0.1, -0.05) is 13.8 Å². The first-order valence-corrected chi connectivity index (χ1v) is 11.1. The van der Waals surface area contributed by atoms with E-state index in [1.165, 1.54) is 0 Å². The Bertz CT molecular complexity index is 641. The van der Waals surface area contributed by atoms with Crippen LogP contribution in [0.25, 0.3) is 0 Å². The Morgan fingerprint density at radius 1 is 1.21 bits per heavy atom. The third-order valence-corrected chi connectivity index (χ3v) is 6.30. The minimum absolute atomic E-state index is 0.158. The van der Waals surface area contributed by atoms with Gasteiger partial charge in [-0.05, 0) is 46.5 Å². The predicted octanol–water partition coefficient (Wildman–Crippen LogP) is 2.57. The molecule has 1 aliphatic rings. The van der Waals surface area contributed by atoms with E-state index in [0.717, 1.165) is 69.7 Å². The van der Waals surface area contributed by atoms with Gasteiger partial charge in [-0.2, -0.15) is 0 Å². The Kier molecular flexibility index (Phi) is 9.36. The molecule has 0 aromatic carbocycles. The molecule has 1 aromatic heterocycles. The molecule has 0 aliphatic heterocycles. The summed E-state index contributed by atoms with van der Waals surface area (Å²) in [6.07, 6.45) is 4.45. The van der Waals surface area contributed by atoms with Gasteiger partial charge in [-0.25, -0.2) is 4.99 Å². The van der Waals surface area contributed by atoms with Crippen LogP contribution in [0.4, 0.5) is 0 Å². The van der Waals surface area contributed by atoms with Crippen molar-refractivity contribution in [2.45, 2.75) is 79.0 Å². The van der Waals surface area contributed by atoms with Crippen LogP contribution in [0, 0.1) is 12.3 Å². The highest BCUT2D eigenvalue weighted by Crippen LogP contribution is 2.48. The number of nitrogens with one attached hydrogen (secondary N) is 2. The molecule has 8 heteroatoms. The lowest BCUT2D eigenvalue weighted by atomic mass is 9.58. The minimum Gasteiger partial charge on any atom is -0.382 e. The lowest BCUT2D eigenvalue weighted by Crippen LogP contribution is -2.65. The van der Waals surface area contributed by atoms with Crippen molar-refractivity contribution in [1.82, 2.24) is 25.4 Å². The number of hydrogen-bond acceptors (Lipinski definition) is 5. The smallest absolute Gasteiger partial charge is 0.191 e. The van der Waals surface area contributed by atoms with E-state index in [2.05, 4.69) is 41.6 Å². The highest BCUT2D eigenvalue weighted by atomic mass is 16.5. The summed E-state index contributed by atoms with van der Waals surface area (Å²) >= 11 is 0. The highest BCUT2D eigenvalue weighted by molar-refractivity contribution is 5.80. The molecule has 0 spiro atoms. The van der Waals surface area contributed by atoms with Crippen molar-refractivity contribution in [2.75, 3.05) is 26.4 Å². The van der Waals surface area contributed by atoms with E-state index in [1.807, 2.05) is 25.5 Å². The minimum atomic E-state index is 0.158. The van der Waals surface area contributed by atoms with Crippen LogP contribution in [0.15, 0.2) is 4.99 Å². The summed E-state index contributed by atoms with van der Waals surface area (Å²) in [7, 11) is 1.97. The standard InChI is InChI=1S/C21H40N6O2/c1-7-21(8-2)17(14-18(21)29-10-4)24-20(22-12-11-13-28-9-3)23-15-19-26-25-16(5)27(19)6/h17-18H,7-15H2,1-6H3,(H2,22,23,24). The maximum atomic E-state index is 6.02. The van der Waals surface area contributed by atoms with Crippen molar-refractivity contribution < 1.29 is 9.47 Å². The van der Waals surface area contributed by atoms with Crippen molar-refractivity contribution in [2.24, 2.45) is 17.5 Å². The van der Waals surface area contributed by atoms with E-state index < -0.39 is 0 Å². The molecule has 1 aliphatic carbocycles. The number of nitrogens with zero attached hydrogens (tertiary/aromatic N) is 4. The predicted molar refractivity (Wildman–Crippen MR) is 116 cm³/mol. The molecule has 0 saturated heterocycles. The molecule has 1 fully saturated rings.